The van der Waals surface area contributed by atoms with Crippen LogP contribution in [0, 0.1) is 0 Å². The summed E-state index contributed by atoms with van der Waals surface area (Å²) in [5.41, 5.74) is 1.48. The lowest BCUT2D eigenvalue weighted by Gasteiger charge is -2.30. The Labute approximate surface area is 152 Å². The summed E-state index contributed by atoms with van der Waals surface area (Å²) in [6.45, 7) is 0.115. The van der Waals surface area contributed by atoms with E-state index in [0.29, 0.717) is 24.8 Å². The Bertz CT molecular complexity index is 712. The van der Waals surface area contributed by atoms with E-state index in [1.54, 1.807) is 0 Å². The third kappa shape index (κ3) is 3.79. The molecule has 1 fully saturated rings. The SMILES string of the molecule is COC(=O)[C@@H]1CC[C@@H](C2=CCCCC2=O)N1C(=O)OCc1ccccc1. The Morgan fingerprint density at radius 2 is 1.96 bits per heavy atom. The number of likely N-dealkylation sites (tertiary alicyclic amines) is 1. The normalized spacial score (nSPS) is 22.7. The lowest BCUT2D eigenvalue weighted by Crippen LogP contribution is -2.47. The van der Waals surface area contributed by atoms with Crippen LogP contribution in [0.4, 0.5) is 4.79 Å². The summed E-state index contributed by atoms with van der Waals surface area (Å²) in [5, 5.41) is 0. The Hall–Kier alpha value is -2.63. The number of ether oxygens (including phenoxy) is 2. The molecule has 6 nitrogen and oxygen atoms in total. The van der Waals surface area contributed by atoms with Gasteiger partial charge in [0.15, 0.2) is 5.78 Å². The van der Waals surface area contributed by atoms with Crippen LogP contribution >= 0.6 is 0 Å². The summed E-state index contributed by atoms with van der Waals surface area (Å²) in [4.78, 5) is 38.6. The third-order valence-electron chi connectivity index (χ3n) is 4.93. The van der Waals surface area contributed by atoms with Gasteiger partial charge in [-0.3, -0.25) is 9.69 Å². The number of methoxy groups -OCH3 is 1. The van der Waals surface area contributed by atoms with Gasteiger partial charge in [-0.15, -0.1) is 0 Å². The van der Waals surface area contributed by atoms with Crippen molar-refractivity contribution in [3.8, 4) is 0 Å². The van der Waals surface area contributed by atoms with E-state index < -0.39 is 24.1 Å². The molecule has 1 aromatic carbocycles. The van der Waals surface area contributed by atoms with E-state index in [4.69, 9.17) is 9.47 Å². The second-order valence-corrected chi connectivity index (χ2v) is 6.55. The maximum atomic E-state index is 12.8. The van der Waals surface area contributed by atoms with Crippen molar-refractivity contribution < 1.29 is 23.9 Å². The second kappa shape index (κ2) is 8.17. The molecule has 1 saturated heterocycles. The highest BCUT2D eigenvalue weighted by Crippen LogP contribution is 2.33. The van der Waals surface area contributed by atoms with Crippen molar-refractivity contribution in [3.63, 3.8) is 0 Å². The van der Waals surface area contributed by atoms with E-state index in [-0.39, 0.29) is 12.4 Å². The van der Waals surface area contributed by atoms with Gasteiger partial charge in [0, 0.05) is 12.0 Å². The van der Waals surface area contributed by atoms with Gasteiger partial charge in [0.25, 0.3) is 0 Å². The van der Waals surface area contributed by atoms with Crippen molar-refractivity contribution in [2.75, 3.05) is 7.11 Å². The zero-order chi connectivity index (χ0) is 18.5. The van der Waals surface area contributed by atoms with Gasteiger partial charge in [0.05, 0.1) is 13.2 Å². The number of nitrogens with zero attached hydrogens (tertiary/aromatic N) is 1. The van der Waals surface area contributed by atoms with Crippen LogP contribution < -0.4 is 0 Å². The number of Topliss-reactive ketones (excluding diaryl/α,β-unsaturated/α-hetero) is 1. The predicted octanol–water partition coefficient (Wildman–Crippen LogP) is 3.01. The number of esters is 1. The lowest BCUT2D eigenvalue weighted by molar-refractivity contribution is -0.145. The molecule has 138 valence electrons. The van der Waals surface area contributed by atoms with Crippen LogP contribution in [0.3, 0.4) is 0 Å². The minimum Gasteiger partial charge on any atom is -0.467 e. The molecule has 0 unspecified atom stereocenters. The first-order chi connectivity index (χ1) is 12.6. The van der Waals surface area contributed by atoms with Gasteiger partial charge in [0.1, 0.15) is 12.6 Å². The summed E-state index contributed by atoms with van der Waals surface area (Å²) in [5.74, 6) is -0.430. The van der Waals surface area contributed by atoms with Crippen molar-refractivity contribution in [1.82, 2.24) is 4.90 Å². The zero-order valence-corrected chi connectivity index (χ0v) is 14.8. The number of carbonyl (C=O) groups excluding carboxylic acids is 3. The van der Waals surface area contributed by atoms with Crippen LogP contribution in [0.15, 0.2) is 42.0 Å². The van der Waals surface area contributed by atoms with Crippen molar-refractivity contribution >= 4 is 17.8 Å². The second-order valence-electron chi connectivity index (χ2n) is 6.55. The van der Waals surface area contributed by atoms with Gasteiger partial charge in [-0.05, 0) is 31.2 Å². The fourth-order valence-electron chi connectivity index (χ4n) is 3.63. The summed E-state index contributed by atoms with van der Waals surface area (Å²) < 4.78 is 10.3. The van der Waals surface area contributed by atoms with E-state index in [2.05, 4.69) is 0 Å². The molecule has 2 atom stereocenters. The van der Waals surface area contributed by atoms with Gasteiger partial charge in [-0.2, -0.15) is 0 Å². The Morgan fingerprint density at radius 3 is 2.65 bits per heavy atom. The molecule has 1 aromatic rings. The molecule has 0 saturated carbocycles. The number of ketones is 1. The topological polar surface area (TPSA) is 72.9 Å². The summed E-state index contributed by atoms with van der Waals surface area (Å²) >= 11 is 0. The first kappa shape index (κ1) is 18.2. The quantitative estimate of drug-likeness (QED) is 0.775. The van der Waals surface area contributed by atoms with Crippen molar-refractivity contribution in [3.05, 3.63) is 47.5 Å². The summed E-state index contributed by atoms with van der Waals surface area (Å²) in [6, 6.07) is 8.20. The van der Waals surface area contributed by atoms with Crippen molar-refractivity contribution in [2.45, 2.75) is 50.8 Å². The average Bonchev–Trinajstić information content (AvgIpc) is 3.11. The fraction of sp³-hybridized carbons (Fsp3) is 0.450. The molecule has 26 heavy (non-hydrogen) atoms. The smallest absolute Gasteiger partial charge is 0.411 e. The molecule has 0 aromatic heterocycles. The highest BCUT2D eigenvalue weighted by Gasteiger charge is 2.45. The monoisotopic (exact) mass is 357 g/mol. The number of benzene rings is 1. The van der Waals surface area contributed by atoms with Gasteiger partial charge >= 0.3 is 12.1 Å². The lowest BCUT2D eigenvalue weighted by atomic mass is 9.91. The number of rotatable bonds is 4. The van der Waals surface area contributed by atoms with E-state index in [0.717, 1.165) is 18.4 Å². The average molecular weight is 357 g/mol. The van der Waals surface area contributed by atoms with E-state index in [1.165, 1.54) is 12.0 Å². The molecular weight excluding hydrogens is 334 g/mol. The van der Waals surface area contributed by atoms with Gasteiger partial charge in [0.2, 0.25) is 0 Å². The van der Waals surface area contributed by atoms with Gasteiger partial charge < -0.3 is 9.47 Å². The molecule has 3 rings (SSSR count). The molecular formula is C20H23NO5. The highest BCUT2D eigenvalue weighted by molar-refractivity contribution is 5.98. The first-order valence-electron chi connectivity index (χ1n) is 8.92. The van der Waals surface area contributed by atoms with Crippen LogP contribution in [0.25, 0.3) is 0 Å². The molecule has 0 N–H and O–H groups in total. The van der Waals surface area contributed by atoms with Crippen molar-refractivity contribution in [1.29, 1.82) is 0 Å². The van der Waals surface area contributed by atoms with Gasteiger partial charge in [-0.1, -0.05) is 36.4 Å². The first-order valence-corrected chi connectivity index (χ1v) is 8.92. The summed E-state index contributed by atoms with van der Waals surface area (Å²) in [6.07, 6.45) is 4.44. The van der Waals surface area contributed by atoms with E-state index in [1.807, 2.05) is 36.4 Å². The molecule has 0 radical (unpaired) electrons. The van der Waals surface area contributed by atoms with E-state index >= 15 is 0 Å². The Morgan fingerprint density at radius 1 is 1.19 bits per heavy atom. The van der Waals surface area contributed by atoms with Crippen LogP contribution in [0.2, 0.25) is 0 Å². The van der Waals surface area contributed by atoms with Crippen molar-refractivity contribution in [2.24, 2.45) is 0 Å². The molecule has 2 aliphatic rings. The molecule has 1 aliphatic heterocycles. The summed E-state index contributed by atoms with van der Waals surface area (Å²) in [7, 11) is 1.30. The Balaban J connectivity index is 1.79. The molecule has 6 heteroatoms. The minimum absolute atomic E-state index is 0.0487. The number of allylic oxidation sites excluding steroid dienone is 1. The maximum Gasteiger partial charge on any atom is 0.411 e. The van der Waals surface area contributed by atoms with Crippen LogP contribution in [-0.4, -0.2) is 41.9 Å². The highest BCUT2D eigenvalue weighted by atomic mass is 16.6. The largest absolute Gasteiger partial charge is 0.467 e. The van der Waals surface area contributed by atoms with Crippen LogP contribution in [-0.2, 0) is 25.7 Å². The molecule has 1 heterocycles. The van der Waals surface area contributed by atoms with Crippen LogP contribution in [0.1, 0.15) is 37.7 Å². The third-order valence-corrected chi connectivity index (χ3v) is 4.93. The molecule has 0 spiro atoms. The predicted molar refractivity (Wildman–Crippen MR) is 94.2 cm³/mol. The van der Waals surface area contributed by atoms with Gasteiger partial charge in [-0.25, -0.2) is 9.59 Å². The number of hydrogen-bond donors (Lipinski definition) is 0. The van der Waals surface area contributed by atoms with E-state index in [9.17, 15) is 14.4 Å². The fourth-order valence-corrected chi connectivity index (χ4v) is 3.63. The van der Waals surface area contributed by atoms with Crippen LogP contribution in [0.5, 0.6) is 0 Å². The Kier molecular flexibility index (Phi) is 5.71. The number of carbonyl (C=O) groups is 3. The maximum absolute atomic E-state index is 12.8. The standard InChI is InChI=1S/C20H23NO5/c1-25-19(23)17-12-11-16(15-9-5-6-10-18(15)22)21(17)20(24)26-13-14-7-3-2-4-8-14/h2-4,7-9,16-17H,5-6,10-13H2,1H3/t16-,17-/m0/s1. The minimum atomic E-state index is -0.719. The molecule has 1 amide bonds. The zero-order valence-electron chi connectivity index (χ0n) is 14.8. The molecule has 1 aliphatic carbocycles. The number of amides is 1. The number of hydrogen-bond acceptors (Lipinski definition) is 5. The molecule has 0 bridgehead atoms.